The minimum atomic E-state index is -0.386. The van der Waals surface area contributed by atoms with Gasteiger partial charge < -0.3 is 9.30 Å². The highest BCUT2D eigenvalue weighted by atomic mass is 32.1. The van der Waals surface area contributed by atoms with Crippen LogP contribution in [0, 0.1) is 6.92 Å². The van der Waals surface area contributed by atoms with Crippen LogP contribution in [-0.4, -0.2) is 23.6 Å². The van der Waals surface area contributed by atoms with Gasteiger partial charge in [0.15, 0.2) is 4.80 Å². The standard InChI is InChI=1S/C18H16N2O3S2/c1-12-5-7-14-15(10-12)25-18(20(14)11-17(22)23-2)19-16(21)8-6-13-4-3-9-24-13/h3-10H,11H2,1-2H3. The number of carbonyl (C=O) groups is 2. The van der Waals surface area contributed by atoms with Gasteiger partial charge in [-0.2, -0.15) is 4.99 Å². The molecule has 1 amide bonds. The summed E-state index contributed by atoms with van der Waals surface area (Å²) < 4.78 is 7.44. The maximum absolute atomic E-state index is 12.2. The molecule has 7 heteroatoms. The van der Waals surface area contributed by atoms with E-state index >= 15 is 0 Å². The zero-order valence-electron chi connectivity index (χ0n) is 13.8. The number of thiazole rings is 1. The van der Waals surface area contributed by atoms with Crippen LogP contribution in [0.2, 0.25) is 0 Å². The van der Waals surface area contributed by atoms with Crippen LogP contribution < -0.4 is 4.80 Å². The first-order chi connectivity index (χ1) is 12.1. The molecule has 0 saturated heterocycles. The normalized spacial score (nSPS) is 12.2. The molecule has 0 aliphatic rings. The first-order valence-electron chi connectivity index (χ1n) is 7.54. The minimum Gasteiger partial charge on any atom is -0.468 e. The molecule has 25 heavy (non-hydrogen) atoms. The van der Waals surface area contributed by atoms with Crippen LogP contribution >= 0.6 is 22.7 Å². The molecular weight excluding hydrogens is 356 g/mol. The monoisotopic (exact) mass is 372 g/mol. The van der Waals surface area contributed by atoms with Gasteiger partial charge in [-0.05, 0) is 42.1 Å². The summed E-state index contributed by atoms with van der Waals surface area (Å²) in [5, 5.41) is 1.94. The Kier molecular flexibility index (Phi) is 5.25. The minimum absolute atomic E-state index is 0.0142. The van der Waals surface area contributed by atoms with Gasteiger partial charge in [-0.1, -0.05) is 23.5 Å². The quantitative estimate of drug-likeness (QED) is 0.521. The van der Waals surface area contributed by atoms with Crippen molar-refractivity contribution in [2.45, 2.75) is 13.5 Å². The van der Waals surface area contributed by atoms with E-state index in [2.05, 4.69) is 4.99 Å². The van der Waals surface area contributed by atoms with Crippen LogP contribution in [0.25, 0.3) is 16.3 Å². The van der Waals surface area contributed by atoms with E-state index in [1.54, 1.807) is 22.0 Å². The predicted octanol–water partition coefficient (Wildman–Crippen LogP) is 3.39. The Morgan fingerprint density at radius 1 is 1.32 bits per heavy atom. The molecule has 3 aromatic rings. The van der Waals surface area contributed by atoms with Crippen LogP contribution in [0.1, 0.15) is 10.4 Å². The zero-order chi connectivity index (χ0) is 17.8. The number of aromatic nitrogens is 1. The van der Waals surface area contributed by atoms with E-state index in [4.69, 9.17) is 4.74 Å². The molecule has 0 saturated carbocycles. The van der Waals surface area contributed by atoms with E-state index in [1.165, 1.54) is 24.5 Å². The van der Waals surface area contributed by atoms with Crippen molar-refractivity contribution in [3.05, 3.63) is 57.0 Å². The number of thiophene rings is 1. The number of methoxy groups -OCH3 is 1. The molecule has 1 aromatic carbocycles. The van der Waals surface area contributed by atoms with Crippen LogP contribution in [0.15, 0.2) is 46.8 Å². The van der Waals surface area contributed by atoms with Gasteiger partial charge in [0.1, 0.15) is 6.54 Å². The molecule has 0 unspecified atom stereocenters. The predicted molar refractivity (Wildman–Crippen MR) is 100 cm³/mol. The Bertz CT molecular complexity index is 1010. The smallest absolute Gasteiger partial charge is 0.325 e. The van der Waals surface area contributed by atoms with Gasteiger partial charge in [0.05, 0.1) is 17.3 Å². The summed E-state index contributed by atoms with van der Waals surface area (Å²) in [7, 11) is 1.34. The van der Waals surface area contributed by atoms with E-state index in [9.17, 15) is 9.59 Å². The first-order valence-corrected chi connectivity index (χ1v) is 9.23. The van der Waals surface area contributed by atoms with Crippen LogP contribution in [-0.2, 0) is 20.9 Å². The van der Waals surface area contributed by atoms with E-state index in [0.717, 1.165) is 20.7 Å². The van der Waals surface area contributed by atoms with Crippen molar-refractivity contribution < 1.29 is 14.3 Å². The third kappa shape index (κ3) is 4.12. The maximum atomic E-state index is 12.2. The van der Waals surface area contributed by atoms with Gasteiger partial charge in [0.25, 0.3) is 5.91 Å². The molecule has 2 heterocycles. The fourth-order valence-corrected chi connectivity index (χ4v) is 4.03. The van der Waals surface area contributed by atoms with E-state index in [0.29, 0.717) is 4.80 Å². The fourth-order valence-electron chi connectivity index (χ4n) is 2.28. The van der Waals surface area contributed by atoms with Crippen LogP contribution in [0.3, 0.4) is 0 Å². The van der Waals surface area contributed by atoms with E-state index in [1.807, 2.05) is 42.6 Å². The Morgan fingerprint density at radius 3 is 2.88 bits per heavy atom. The maximum Gasteiger partial charge on any atom is 0.325 e. The summed E-state index contributed by atoms with van der Waals surface area (Å²) in [6.07, 6.45) is 3.17. The Morgan fingerprint density at radius 2 is 2.16 bits per heavy atom. The summed E-state index contributed by atoms with van der Waals surface area (Å²) in [5.41, 5.74) is 1.96. The second-order valence-corrected chi connectivity index (χ2v) is 7.31. The van der Waals surface area contributed by atoms with Gasteiger partial charge >= 0.3 is 5.97 Å². The number of amides is 1. The lowest BCUT2D eigenvalue weighted by Gasteiger charge is -2.03. The van der Waals surface area contributed by atoms with Gasteiger partial charge in [-0.3, -0.25) is 9.59 Å². The number of esters is 1. The highest BCUT2D eigenvalue weighted by Crippen LogP contribution is 2.19. The highest BCUT2D eigenvalue weighted by Gasteiger charge is 2.11. The average Bonchev–Trinajstić information content (AvgIpc) is 3.21. The summed E-state index contributed by atoms with van der Waals surface area (Å²) in [4.78, 5) is 29.5. The van der Waals surface area contributed by atoms with Gasteiger partial charge in [0.2, 0.25) is 0 Å². The molecule has 2 aromatic heterocycles. The van der Waals surface area contributed by atoms with Gasteiger partial charge in [-0.25, -0.2) is 0 Å². The number of ether oxygens (including phenoxy) is 1. The van der Waals surface area contributed by atoms with Crippen molar-refractivity contribution in [3.8, 4) is 0 Å². The lowest BCUT2D eigenvalue weighted by atomic mass is 10.2. The zero-order valence-corrected chi connectivity index (χ0v) is 15.4. The summed E-state index contributed by atoms with van der Waals surface area (Å²) >= 11 is 2.93. The summed E-state index contributed by atoms with van der Waals surface area (Å²) in [6, 6.07) is 9.75. The molecular formula is C18H16N2O3S2. The van der Waals surface area contributed by atoms with Gasteiger partial charge in [0, 0.05) is 11.0 Å². The SMILES string of the molecule is COC(=O)Cn1c(=NC(=O)C=Cc2cccs2)sc2cc(C)ccc21. The molecule has 0 radical (unpaired) electrons. The molecule has 5 nitrogen and oxygen atoms in total. The van der Waals surface area contributed by atoms with Crippen molar-refractivity contribution >= 4 is 50.8 Å². The van der Waals surface area contributed by atoms with Crippen LogP contribution in [0.4, 0.5) is 0 Å². The van der Waals surface area contributed by atoms with E-state index < -0.39 is 0 Å². The molecule has 128 valence electrons. The van der Waals surface area contributed by atoms with E-state index in [-0.39, 0.29) is 18.4 Å². The van der Waals surface area contributed by atoms with Crippen molar-refractivity contribution in [1.29, 1.82) is 0 Å². The fraction of sp³-hybridized carbons (Fsp3) is 0.167. The van der Waals surface area contributed by atoms with Crippen molar-refractivity contribution in [1.82, 2.24) is 4.57 Å². The number of rotatable bonds is 4. The Balaban J connectivity index is 2.02. The number of hydrogen-bond donors (Lipinski definition) is 0. The number of nitrogens with zero attached hydrogens (tertiary/aromatic N) is 2. The number of fused-ring (bicyclic) bond motifs is 1. The molecule has 0 fully saturated rings. The molecule has 0 spiro atoms. The highest BCUT2D eigenvalue weighted by molar-refractivity contribution is 7.16. The molecule has 0 aliphatic carbocycles. The largest absolute Gasteiger partial charge is 0.468 e. The third-order valence-electron chi connectivity index (χ3n) is 3.49. The van der Waals surface area contributed by atoms with Crippen LogP contribution in [0.5, 0.6) is 0 Å². The number of carbonyl (C=O) groups excluding carboxylic acids is 2. The third-order valence-corrected chi connectivity index (χ3v) is 5.37. The Labute approximate surface area is 152 Å². The number of aryl methyl sites for hydroxylation is 1. The second-order valence-electron chi connectivity index (χ2n) is 5.32. The van der Waals surface area contributed by atoms with Crippen molar-refractivity contribution in [2.24, 2.45) is 4.99 Å². The molecule has 0 atom stereocenters. The average molecular weight is 372 g/mol. The number of hydrogen-bond acceptors (Lipinski definition) is 5. The van der Waals surface area contributed by atoms with Crippen molar-refractivity contribution in [2.75, 3.05) is 7.11 Å². The Hall–Kier alpha value is -2.51. The topological polar surface area (TPSA) is 60.7 Å². The van der Waals surface area contributed by atoms with Gasteiger partial charge in [-0.15, -0.1) is 11.3 Å². The molecule has 0 N–H and O–H groups in total. The lowest BCUT2D eigenvalue weighted by Crippen LogP contribution is -2.22. The summed E-state index contributed by atoms with van der Waals surface area (Å²) in [6.45, 7) is 2.01. The first kappa shape index (κ1) is 17.3. The second kappa shape index (κ2) is 7.58. The summed E-state index contributed by atoms with van der Waals surface area (Å²) in [5.74, 6) is -0.751. The molecule has 0 bridgehead atoms. The molecule has 0 aliphatic heterocycles. The van der Waals surface area contributed by atoms with Crippen molar-refractivity contribution in [3.63, 3.8) is 0 Å². The number of benzene rings is 1. The molecule has 3 rings (SSSR count). The lowest BCUT2D eigenvalue weighted by molar-refractivity contribution is -0.141.